The van der Waals surface area contributed by atoms with Crippen LogP contribution in [0.5, 0.6) is 0 Å². The minimum Gasteiger partial charge on any atom is -0.330 e. The lowest BCUT2D eigenvalue weighted by atomic mass is 10.2. The molecule has 0 aliphatic heterocycles. The first-order valence-corrected chi connectivity index (χ1v) is 8.85. The monoisotopic (exact) mass is 410 g/mol. The van der Waals surface area contributed by atoms with E-state index in [4.69, 9.17) is 11.6 Å². The highest BCUT2D eigenvalue weighted by molar-refractivity contribution is 6.30. The zero-order valence-corrected chi connectivity index (χ0v) is 15.8. The minimum absolute atomic E-state index is 0.289. The van der Waals surface area contributed by atoms with Gasteiger partial charge in [-0.05, 0) is 42.3 Å². The first kappa shape index (κ1) is 21.5. The van der Waals surface area contributed by atoms with Crippen LogP contribution in [0.4, 0.5) is 18.9 Å². The Morgan fingerprint density at radius 3 is 2.39 bits per heavy atom. The lowest BCUT2D eigenvalue weighted by Crippen LogP contribution is -2.37. The molecule has 0 heterocycles. The van der Waals surface area contributed by atoms with Gasteiger partial charge in [-0.25, -0.2) is 13.2 Å². The first-order chi connectivity index (χ1) is 13.3. The van der Waals surface area contributed by atoms with E-state index in [0.29, 0.717) is 17.5 Å². The van der Waals surface area contributed by atoms with Crippen LogP contribution in [-0.4, -0.2) is 29.8 Å². The Morgan fingerprint density at radius 1 is 1.07 bits per heavy atom. The van der Waals surface area contributed by atoms with Gasteiger partial charge in [-0.3, -0.25) is 9.59 Å². The van der Waals surface area contributed by atoms with Crippen molar-refractivity contribution in [3.05, 3.63) is 70.5 Å². The Labute approximate surface area is 165 Å². The Bertz CT molecular complexity index is 886. The zero-order chi connectivity index (χ0) is 20.7. The molecule has 2 rings (SSSR count). The summed E-state index contributed by atoms with van der Waals surface area (Å²) in [7, 11) is 0. The first-order valence-electron chi connectivity index (χ1n) is 8.47. The van der Waals surface area contributed by atoms with Crippen molar-refractivity contribution >= 4 is 35.2 Å². The number of anilines is 1. The van der Waals surface area contributed by atoms with Crippen LogP contribution in [0.15, 0.2) is 42.5 Å². The van der Waals surface area contributed by atoms with E-state index in [2.05, 4.69) is 5.32 Å². The maximum atomic E-state index is 13.7. The fourth-order valence-electron chi connectivity index (χ4n) is 2.37. The molecule has 0 aromatic heterocycles. The molecule has 0 atom stereocenters. The normalized spacial score (nSPS) is 10.9. The lowest BCUT2D eigenvalue weighted by Gasteiger charge is -2.20. The molecule has 148 valence electrons. The zero-order valence-electron chi connectivity index (χ0n) is 15.0. The molecule has 2 amide bonds. The maximum absolute atomic E-state index is 13.7. The van der Waals surface area contributed by atoms with Crippen LogP contribution < -0.4 is 5.32 Å². The molecule has 2 aromatic rings. The highest BCUT2D eigenvalue weighted by atomic mass is 35.5. The number of carbonyl (C=O) groups is 2. The number of halogens is 4. The maximum Gasteiger partial charge on any atom is 0.247 e. The smallest absolute Gasteiger partial charge is 0.247 e. The molecule has 28 heavy (non-hydrogen) atoms. The summed E-state index contributed by atoms with van der Waals surface area (Å²) in [6.07, 6.45) is 3.48. The van der Waals surface area contributed by atoms with Crippen molar-refractivity contribution in [2.24, 2.45) is 0 Å². The van der Waals surface area contributed by atoms with Crippen molar-refractivity contribution in [2.45, 2.75) is 13.3 Å². The Morgan fingerprint density at radius 2 is 1.75 bits per heavy atom. The minimum atomic E-state index is -1.68. The molecular weight excluding hydrogens is 393 g/mol. The number of nitrogens with one attached hydrogen (secondary N) is 1. The lowest BCUT2D eigenvalue weighted by molar-refractivity contribution is -0.130. The largest absolute Gasteiger partial charge is 0.330 e. The third-order valence-corrected chi connectivity index (χ3v) is 3.99. The van der Waals surface area contributed by atoms with Crippen LogP contribution in [0.3, 0.4) is 0 Å². The number of hydrogen-bond acceptors (Lipinski definition) is 2. The summed E-state index contributed by atoms with van der Waals surface area (Å²) in [4.78, 5) is 25.8. The van der Waals surface area contributed by atoms with E-state index >= 15 is 0 Å². The summed E-state index contributed by atoms with van der Waals surface area (Å²) in [5, 5.41) is 2.72. The van der Waals surface area contributed by atoms with E-state index in [9.17, 15) is 22.8 Å². The molecule has 0 unspecified atom stereocenters. The number of benzene rings is 2. The average molecular weight is 411 g/mol. The third-order valence-electron chi connectivity index (χ3n) is 3.74. The van der Waals surface area contributed by atoms with Crippen molar-refractivity contribution in [3.63, 3.8) is 0 Å². The van der Waals surface area contributed by atoms with E-state index < -0.39 is 35.0 Å². The van der Waals surface area contributed by atoms with E-state index in [0.717, 1.165) is 11.6 Å². The summed E-state index contributed by atoms with van der Waals surface area (Å²) >= 11 is 5.80. The van der Waals surface area contributed by atoms with Gasteiger partial charge >= 0.3 is 0 Å². The van der Waals surface area contributed by atoms with Crippen molar-refractivity contribution in [1.29, 1.82) is 0 Å². The standard InChI is InChI=1S/C20H18ClF3N2O2/c1-2-11-26(18(28)10-5-13-3-6-14(21)7-4-13)12-17(27)25-16-9-8-15(22)19(23)20(16)24/h3-10H,2,11-12H2,1H3,(H,25,27)/b10-5+. The quantitative estimate of drug-likeness (QED) is 0.533. The van der Waals surface area contributed by atoms with Gasteiger partial charge in [0.15, 0.2) is 17.5 Å². The van der Waals surface area contributed by atoms with E-state index in [1.807, 2.05) is 6.92 Å². The van der Waals surface area contributed by atoms with Crippen LogP contribution >= 0.6 is 11.6 Å². The Hall–Kier alpha value is -2.80. The van der Waals surface area contributed by atoms with Gasteiger partial charge in [-0.1, -0.05) is 30.7 Å². The second-order valence-electron chi connectivity index (χ2n) is 5.92. The third kappa shape index (κ3) is 5.85. The molecule has 8 heteroatoms. The molecule has 2 aromatic carbocycles. The molecular formula is C20H18ClF3N2O2. The molecule has 0 saturated carbocycles. The van der Waals surface area contributed by atoms with Gasteiger partial charge in [0, 0.05) is 17.6 Å². The van der Waals surface area contributed by atoms with Crippen LogP contribution in [0.25, 0.3) is 6.08 Å². The highest BCUT2D eigenvalue weighted by Crippen LogP contribution is 2.19. The Kier molecular flexibility index (Phi) is 7.63. The fraction of sp³-hybridized carbons (Fsp3) is 0.200. The predicted molar refractivity (Wildman–Crippen MR) is 102 cm³/mol. The SMILES string of the molecule is CCCN(CC(=O)Nc1ccc(F)c(F)c1F)C(=O)/C=C/c1ccc(Cl)cc1. The summed E-state index contributed by atoms with van der Waals surface area (Å²) in [6.45, 7) is 1.75. The average Bonchev–Trinajstić information content (AvgIpc) is 2.67. The predicted octanol–water partition coefficient (Wildman–Crippen LogP) is 4.65. The second kappa shape index (κ2) is 9.94. The molecule has 0 aliphatic carbocycles. The molecule has 0 aliphatic rings. The Balaban J connectivity index is 2.04. The van der Waals surface area contributed by atoms with Crippen molar-refractivity contribution in [3.8, 4) is 0 Å². The number of rotatable bonds is 7. The number of amides is 2. The van der Waals surface area contributed by atoms with E-state index in [-0.39, 0.29) is 13.1 Å². The molecule has 0 bridgehead atoms. The summed E-state index contributed by atoms with van der Waals surface area (Å²) in [5.74, 6) is -5.68. The summed E-state index contributed by atoms with van der Waals surface area (Å²) in [5.41, 5.74) is 0.256. The van der Waals surface area contributed by atoms with Crippen LogP contribution in [0.1, 0.15) is 18.9 Å². The molecule has 1 N–H and O–H groups in total. The molecule has 0 fully saturated rings. The van der Waals surface area contributed by atoms with Crippen LogP contribution in [-0.2, 0) is 9.59 Å². The molecule has 0 radical (unpaired) electrons. The summed E-state index contributed by atoms with van der Waals surface area (Å²) < 4.78 is 39.9. The van der Waals surface area contributed by atoms with Crippen LogP contribution in [0.2, 0.25) is 5.02 Å². The van der Waals surface area contributed by atoms with E-state index in [1.54, 1.807) is 30.3 Å². The molecule has 0 spiro atoms. The van der Waals surface area contributed by atoms with Gasteiger partial charge in [0.1, 0.15) is 6.54 Å². The fourth-order valence-corrected chi connectivity index (χ4v) is 2.50. The number of hydrogen-bond donors (Lipinski definition) is 1. The van der Waals surface area contributed by atoms with Crippen LogP contribution in [0, 0.1) is 17.5 Å². The van der Waals surface area contributed by atoms with Crippen molar-refractivity contribution in [2.75, 3.05) is 18.4 Å². The van der Waals surface area contributed by atoms with Gasteiger partial charge < -0.3 is 10.2 Å². The van der Waals surface area contributed by atoms with Gasteiger partial charge in [0.05, 0.1) is 5.69 Å². The topological polar surface area (TPSA) is 49.4 Å². The molecule has 4 nitrogen and oxygen atoms in total. The van der Waals surface area contributed by atoms with Gasteiger partial charge in [-0.15, -0.1) is 0 Å². The van der Waals surface area contributed by atoms with Crippen molar-refractivity contribution < 1.29 is 22.8 Å². The summed E-state index contributed by atoms with van der Waals surface area (Å²) in [6, 6.07) is 8.44. The number of nitrogens with zero attached hydrogens (tertiary/aromatic N) is 1. The number of carbonyl (C=O) groups excluding carboxylic acids is 2. The highest BCUT2D eigenvalue weighted by Gasteiger charge is 2.18. The van der Waals surface area contributed by atoms with Crippen molar-refractivity contribution in [1.82, 2.24) is 4.90 Å². The van der Waals surface area contributed by atoms with Gasteiger partial charge in [0.2, 0.25) is 11.8 Å². The van der Waals surface area contributed by atoms with Gasteiger partial charge in [0.25, 0.3) is 0 Å². The molecule has 0 saturated heterocycles. The van der Waals surface area contributed by atoms with E-state index in [1.165, 1.54) is 11.0 Å². The van der Waals surface area contributed by atoms with Gasteiger partial charge in [-0.2, -0.15) is 0 Å². The second-order valence-corrected chi connectivity index (χ2v) is 6.35.